The van der Waals surface area contributed by atoms with Gasteiger partial charge in [0.2, 0.25) is 0 Å². The fourth-order valence-electron chi connectivity index (χ4n) is 2.45. The minimum atomic E-state index is -0.675. The molecule has 0 saturated heterocycles. The van der Waals surface area contributed by atoms with Crippen LogP contribution in [0.1, 0.15) is 38.1 Å². The van der Waals surface area contributed by atoms with E-state index in [9.17, 15) is 4.79 Å². The molecule has 0 aromatic carbocycles. The van der Waals surface area contributed by atoms with Gasteiger partial charge in [-0.3, -0.25) is 4.79 Å². The summed E-state index contributed by atoms with van der Waals surface area (Å²) in [6.07, 6.45) is 10.2. The van der Waals surface area contributed by atoms with Crippen LogP contribution in [0.3, 0.4) is 0 Å². The molecule has 0 bridgehead atoms. The van der Waals surface area contributed by atoms with Crippen molar-refractivity contribution in [1.82, 2.24) is 9.55 Å². The van der Waals surface area contributed by atoms with Gasteiger partial charge in [0.1, 0.15) is 0 Å². The minimum absolute atomic E-state index is 0.311. The molecule has 15 heavy (non-hydrogen) atoms. The van der Waals surface area contributed by atoms with Crippen LogP contribution in [0.5, 0.6) is 0 Å². The van der Waals surface area contributed by atoms with Crippen LogP contribution in [0.15, 0.2) is 18.7 Å². The first-order chi connectivity index (χ1) is 7.25. The molecule has 0 radical (unpaired) electrons. The van der Waals surface area contributed by atoms with Crippen molar-refractivity contribution in [2.24, 2.45) is 5.92 Å². The Hall–Kier alpha value is -1.32. The summed E-state index contributed by atoms with van der Waals surface area (Å²) < 4.78 is 2.11. The second kappa shape index (κ2) is 4.47. The number of imidazole rings is 1. The monoisotopic (exact) mass is 208 g/mol. The van der Waals surface area contributed by atoms with Crippen LogP contribution in [0.25, 0.3) is 0 Å². The summed E-state index contributed by atoms with van der Waals surface area (Å²) in [5.74, 6) is -0.338. The molecule has 1 fully saturated rings. The Bertz CT molecular complexity index is 321. The second-order valence-corrected chi connectivity index (χ2v) is 4.29. The maximum atomic E-state index is 10.6. The molecule has 1 N–H and O–H groups in total. The zero-order valence-electron chi connectivity index (χ0n) is 8.67. The largest absolute Gasteiger partial charge is 0.481 e. The molecule has 82 valence electrons. The van der Waals surface area contributed by atoms with E-state index in [1.54, 1.807) is 6.20 Å². The van der Waals surface area contributed by atoms with E-state index in [-0.39, 0.29) is 0 Å². The van der Waals surface area contributed by atoms with Crippen LogP contribution in [0, 0.1) is 5.92 Å². The Labute approximate surface area is 88.9 Å². The average molecular weight is 208 g/mol. The highest BCUT2D eigenvalue weighted by Gasteiger charge is 2.24. The molecule has 0 spiro atoms. The number of carbonyl (C=O) groups is 1. The molecule has 1 saturated carbocycles. The predicted octanol–water partition coefficient (Wildman–Crippen LogP) is 2.09. The normalized spacial score (nSPS) is 26.4. The van der Waals surface area contributed by atoms with Crippen molar-refractivity contribution in [2.75, 3.05) is 0 Å². The third-order valence-corrected chi connectivity index (χ3v) is 3.16. The van der Waals surface area contributed by atoms with Gasteiger partial charge in [-0.25, -0.2) is 4.98 Å². The topological polar surface area (TPSA) is 55.1 Å². The van der Waals surface area contributed by atoms with Gasteiger partial charge < -0.3 is 9.67 Å². The van der Waals surface area contributed by atoms with Gasteiger partial charge in [0.25, 0.3) is 0 Å². The zero-order valence-corrected chi connectivity index (χ0v) is 8.67. The summed E-state index contributed by atoms with van der Waals surface area (Å²) in [7, 11) is 0. The van der Waals surface area contributed by atoms with E-state index in [0.29, 0.717) is 18.4 Å². The molecule has 2 atom stereocenters. The Kier molecular flexibility index (Phi) is 3.04. The molecule has 4 nitrogen and oxygen atoms in total. The first-order valence-corrected chi connectivity index (χ1v) is 5.45. The Balaban J connectivity index is 1.95. The molecular formula is C11H16N2O2. The molecule has 1 aromatic heterocycles. The second-order valence-electron chi connectivity index (χ2n) is 4.29. The SMILES string of the molecule is O=C(O)CC1CCCC(n2ccnc2)C1. The Morgan fingerprint density at radius 2 is 2.40 bits per heavy atom. The van der Waals surface area contributed by atoms with Crippen LogP contribution in [0.2, 0.25) is 0 Å². The van der Waals surface area contributed by atoms with Crippen molar-refractivity contribution in [2.45, 2.75) is 38.1 Å². The third kappa shape index (κ3) is 2.58. The summed E-state index contributed by atoms with van der Waals surface area (Å²) in [5, 5.41) is 8.76. The first kappa shape index (κ1) is 10.2. The predicted molar refractivity (Wildman–Crippen MR) is 55.5 cm³/mol. The van der Waals surface area contributed by atoms with Crippen LogP contribution < -0.4 is 0 Å². The number of carboxylic acids is 1. The van der Waals surface area contributed by atoms with Crippen molar-refractivity contribution in [3.8, 4) is 0 Å². The van der Waals surface area contributed by atoms with Crippen molar-refractivity contribution in [1.29, 1.82) is 0 Å². The van der Waals surface area contributed by atoms with Gasteiger partial charge in [-0.05, 0) is 25.2 Å². The number of aliphatic carboxylic acids is 1. The van der Waals surface area contributed by atoms with E-state index in [1.807, 2.05) is 12.5 Å². The number of hydrogen-bond donors (Lipinski definition) is 1. The number of hydrogen-bond acceptors (Lipinski definition) is 2. The molecule has 4 heteroatoms. The highest BCUT2D eigenvalue weighted by Crippen LogP contribution is 2.33. The summed E-state index contributed by atoms with van der Waals surface area (Å²) in [6, 6.07) is 0.450. The lowest BCUT2D eigenvalue weighted by Gasteiger charge is -2.28. The maximum Gasteiger partial charge on any atom is 0.303 e. The number of rotatable bonds is 3. The molecule has 1 aliphatic carbocycles. The fourth-order valence-corrected chi connectivity index (χ4v) is 2.45. The van der Waals surface area contributed by atoms with E-state index < -0.39 is 5.97 Å². The lowest BCUT2D eigenvalue weighted by Crippen LogP contribution is -2.20. The maximum absolute atomic E-state index is 10.6. The van der Waals surface area contributed by atoms with Crippen molar-refractivity contribution in [3.63, 3.8) is 0 Å². The van der Waals surface area contributed by atoms with E-state index >= 15 is 0 Å². The van der Waals surface area contributed by atoms with E-state index in [2.05, 4.69) is 9.55 Å². The lowest BCUT2D eigenvalue weighted by molar-refractivity contribution is -0.138. The summed E-state index contributed by atoms with van der Waals surface area (Å²) >= 11 is 0. The van der Waals surface area contributed by atoms with Crippen LogP contribution >= 0.6 is 0 Å². The van der Waals surface area contributed by atoms with Gasteiger partial charge >= 0.3 is 5.97 Å². The van der Waals surface area contributed by atoms with Gasteiger partial charge in [0, 0.05) is 24.9 Å². The van der Waals surface area contributed by atoms with E-state index in [1.165, 1.54) is 0 Å². The summed E-state index contributed by atoms with van der Waals surface area (Å²) in [4.78, 5) is 14.7. The molecule has 0 amide bonds. The number of aromatic nitrogens is 2. The Morgan fingerprint density at radius 1 is 1.53 bits per heavy atom. The quantitative estimate of drug-likeness (QED) is 0.827. The van der Waals surface area contributed by atoms with E-state index in [0.717, 1.165) is 25.7 Å². The van der Waals surface area contributed by atoms with Crippen molar-refractivity contribution >= 4 is 5.97 Å². The van der Waals surface area contributed by atoms with Gasteiger partial charge in [0.05, 0.1) is 6.33 Å². The summed E-state index contributed by atoms with van der Waals surface area (Å²) in [5.41, 5.74) is 0. The van der Waals surface area contributed by atoms with Crippen molar-refractivity contribution in [3.05, 3.63) is 18.7 Å². The zero-order chi connectivity index (χ0) is 10.7. The van der Waals surface area contributed by atoms with Crippen molar-refractivity contribution < 1.29 is 9.90 Å². The third-order valence-electron chi connectivity index (χ3n) is 3.16. The Morgan fingerprint density at radius 3 is 3.07 bits per heavy atom. The lowest BCUT2D eigenvalue weighted by atomic mass is 9.84. The first-order valence-electron chi connectivity index (χ1n) is 5.45. The molecule has 0 aliphatic heterocycles. The van der Waals surface area contributed by atoms with Gasteiger partial charge in [-0.2, -0.15) is 0 Å². The molecule has 1 aromatic rings. The molecule has 1 heterocycles. The highest BCUT2D eigenvalue weighted by atomic mass is 16.4. The minimum Gasteiger partial charge on any atom is -0.481 e. The molecular weight excluding hydrogens is 192 g/mol. The smallest absolute Gasteiger partial charge is 0.303 e. The number of nitrogens with zero attached hydrogens (tertiary/aromatic N) is 2. The standard InChI is InChI=1S/C11H16N2O2/c14-11(15)7-9-2-1-3-10(6-9)13-5-4-12-8-13/h4-5,8-10H,1-3,6-7H2,(H,14,15). The molecule has 2 rings (SSSR count). The molecule has 1 aliphatic rings. The summed E-state index contributed by atoms with van der Waals surface area (Å²) in [6.45, 7) is 0. The van der Waals surface area contributed by atoms with Gasteiger partial charge in [-0.15, -0.1) is 0 Å². The average Bonchev–Trinajstić information content (AvgIpc) is 2.69. The number of carboxylic acid groups (broad SMARTS) is 1. The highest BCUT2D eigenvalue weighted by molar-refractivity contribution is 5.67. The fraction of sp³-hybridized carbons (Fsp3) is 0.636. The van der Waals surface area contributed by atoms with Gasteiger partial charge in [0.15, 0.2) is 0 Å². The van der Waals surface area contributed by atoms with Crippen LogP contribution in [0.4, 0.5) is 0 Å². The molecule has 2 unspecified atom stereocenters. The van der Waals surface area contributed by atoms with Crippen LogP contribution in [-0.4, -0.2) is 20.6 Å². The van der Waals surface area contributed by atoms with Crippen LogP contribution in [-0.2, 0) is 4.79 Å². The van der Waals surface area contributed by atoms with Gasteiger partial charge in [-0.1, -0.05) is 6.42 Å². The van der Waals surface area contributed by atoms with E-state index in [4.69, 9.17) is 5.11 Å².